The van der Waals surface area contributed by atoms with Gasteiger partial charge in [-0.2, -0.15) is 0 Å². The number of carbonyl (C=O) groups excluding carboxylic acids is 4. The lowest BCUT2D eigenvalue weighted by Crippen LogP contribution is -2.34. The number of amidine groups is 1. The average Bonchev–Trinajstić information content (AvgIpc) is 3.58. The van der Waals surface area contributed by atoms with Crippen LogP contribution in [0.4, 0.5) is 4.79 Å². The molecule has 0 bridgehead atoms. The number of nitrogens with zero attached hydrogens (tertiary/aromatic N) is 1. The second-order valence-corrected chi connectivity index (χ2v) is 12.0. The molecule has 3 atom stereocenters. The van der Waals surface area contributed by atoms with Crippen LogP contribution in [0.5, 0.6) is 5.75 Å². The number of rotatable bonds is 11. The summed E-state index contributed by atoms with van der Waals surface area (Å²) in [6.45, 7) is 3.38. The molecule has 0 saturated carbocycles. The van der Waals surface area contributed by atoms with Gasteiger partial charge in [0.1, 0.15) is 17.7 Å². The van der Waals surface area contributed by atoms with E-state index in [-0.39, 0.29) is 36.0 Å². The van der Waals surface area contributed by atoms with Crippen LogP contribution in [0.3, 0.4) is 0 Å². The van der Waals surface area contributed by atoms with Crippen LogP contribution >= 0.6 is 0 Å². The lowest BCUT2D eigenvalue weighted by Gasteiger charge is -2.20. The number of ether oxygens (including phenoxy) is 4. The molecule has 0 aromatic heterocycles. The third-order valence-corrected chi connectivity index (χ3v) is 8.33. The van der Waals surface area contributed by atoms with Crippen LogP contribution in [0.25, 0.3) is 10.8 Å². The van der Waals surface area contributed by atoms with E-state index in [2.05, 4.69) is 5.32 Å². The van der Waals surface area contributed by atoms with Gasteiger partial charge >= 0.3 is 24.0 Å². The van der Waals surface area contributed by atoms with Gasteiger partial charge in [-0.05, 0) is 58.7 Å². The largest absolute Gasteiger partial charge is 0.489 e. The van der Waals surface area contributed by atoms with Crippen molar-refractivity contribution in [1.29, 1.82) is 5.41 Å². The number of carbonyl (C=O) groups is 5. The van der Waals surface area contributed by atoms with Gasteiger partial charge in [0.15, 0.2) is 0 Å². The first-order valence-electron chi connectivity index (χ1n) is 16.1. The quantitative estimate of drug-likeness (QED) is 0.0807. The molecule has 1 unspecified atom stereocenters. The maximum Gasteiger partial charge on any atom is 0.412 e. The fraction of sp³-hybridized carbons (Fsp3) is 0.263. The summed E-state index contributed by atoms with van der Waals surface area (Å²) >= 11 is 0. The molecule has 0 spiro atoms. The second-order valence-electron chi connectivity index (χ2n) is 12.0. The van der Waals surface area contributed by atoms with E-state index in [0.29, 0.717) is 29.8 Å². The van der Waals surface area contributed by atoms with Gasteiger partial charge in [-0.15, -0.1) is 0 Å². The van der Waals surface area contributed by atoms with E-state index in [1.807, 2.05) is 18.2 Å². The molecule has 4 aromatic rings. The summed E-state index contributed by atoms with van der Waals surface area (Å²) < 4.78 is 20.8. The van der Waals surface area contributed by atoms with Crippen LogP contribution < -0.4 is 10.1 Å². The van der Waals surface area contributed by atoms with Crippen molar-refractivity contribution < 1.29 is 48.0 Å². The molecule has 13 heteroatoms. The lowest BCUT2D eigenvalue weighted by atomic mass is 9.91. The normalized spacial score (nSPS) is 15.0. The molecule has 13 nitrogen and oxygen atoms in total. The molecule has 1 saturated heterocycles. The van der Waals surface area contributed by atoms with Crippen molar-refractivity contribution in [2.75, 3.05) is 20.2 Å². The van der Waals surface area contributed by atoms with E-state index in [9.17, 15) is 29.1 Å². The van der Waals surface area contributed by atoms with Gasteiger partial charge in [0.2, 0.25) is 6.29 Å². The highest BCUT2D eigenvalue weighted by Gasteiger charge is 2.30. The minimum Gasteiger partial charge on any atom is -0.489 e. The highest BCUT2D eigenvalue weighted by molar-refractivity contribution is 6.15. The summed E-state index contributed by atoms with van der Waals surface area (Å²) in [5.41, 5.74) is 1.92. The Morgan fingerprint density at radius 2 is 1.63 bits per heavy atom. The smallest absolute Gasteiger partial charge is 0.412 e. The number of esters is 2. The Morgan fingerprint density at radius 3 is 2.31 bits per heavy atom. The summed E-state index contributed by atoms with van der Waals surface area (Å²) in [5.74, 6) is -3.35. The van der Waals surface area contributed by atoms with Gasteiger partial charge in [-0.1, -0.05) is 54.6 Å². The first kappa shape index (κ1) is 36.1. The molecule has 0 radical (unpaired) electrons. The fourth-order valence-electron chi connectivity index (χ4n) is 5.82. The van der Waals surface area contributed by atoms with E-state index < -0.39 is 42.1 Å². The van der Waals surface area contributed by atoms with Crippen molar-refractivity contribution in [3.8, 4) is 5.75 Å². The number of carboxylic acids is 1. The van der Waals surface area contributed by atoms with Crippen molar-refractivity contribution in [1.82, 2.24) is 10.2 Å². The van der Waals surface area contributed by atoms with Gasteiger partial charge in [0.05, 0.1) is 30.7 Å². The molecule has 3 N–H and O–H groups in total. The summed E-state index contributed by atoms with van der Waals surface area (Å²) in [6.07, 6.45) is -1.15. The third-order valence-electron chi connectivity index (χ3n) is 8.33. The first-order valence-corrected chi connectivity index (χ1v) is 16.1. The fourth-order valence-corrected chi connectivity index (χ4v) is 5.82. The number of carboxylic acid groups (broad SMARTS) is 1. The number of aliphatic carboxylic acids is 1. The van der Waals surface area contributed by atoms with Gasteiger partial charge in [-0.3, -0.25) is 19.8 Å². The van der Waals surface area contributed by atoms with Crippen molar-refractivity contribution in [3.05, 3.63) is 113 Å². The Kier molecular flexibility index (Phi) is 11.3. The molecule has 0 aliphatic carbocycles. The molecule has 264 valence electrons. The Balaban J connectivity index is 1.22. The third kappa shape index (κ3) is 9.06. The SMILES string of the molecule is COC(=O)c1ccccc1C(=O)NC(=N)c1ccc2ccc(C[C@H](C(=O)O)c3ccc(O[C@H]4CCN(C(=O)OC(C)OC(C)=O)C4)cc3)cc2c1. The average molecular weight is 696 g/mol. The highest BCUT2D eigenvalue weighted by atomic mass is 16.7. The summed E-state index contributed by atoms with van der Waals surface area (Å²) in [6, 6.07) is 23.8. The number of hydrogen-bond acceptors (Lipinski definition) is 10. The van der Waals surface area contributed by atoms with Crippen molar-refractivity contribution >= 4 is 46.5 Å². The summed E-state index contributed by atoms with van der Waals surface area (Å²) in [4.78, 5) is 62.4. The predicted molar refractivity (Wildman–Crippen MR) is 185 cm³/mol. The van der Waals surface area contributed by atoms with E-state index >= 15 is 0 Å². The van der Waals surface area contributed by atoms with Crippen LogP contribution in [0, 0.1) is 5.41 Å². The second kappa shape index (κ2) is 16.0. The number of benzene rings is 4. The maximum absolute atomic E-state index is 13.0. The minimum absolute atomic E-state index is 0.0764. The Morgan fingerprint density at radius 1 is 0.922 bits per heavy atom. The number of amides is 2. The van der Waals surface area contributed by atoms with Crippen LogP contribution in [-0.2, 0) is 30.2 Å². The standard InChI is InChI=1S/C38H37N3O10/c1-22(42)49-23(2)50-38(47)41-17-16-30(21-41)51-29-14-12-26(13-15-29)33(36(44)45)19-24-8-9-25-10-11-27(20-28(25)18-24)34(39)40-35(43)31-6-4-5-7-32(31)37(46)48-3/h4-15,18,20,23,30,33H,16-17,19,21H2,1-3H3,(H,44,45)(H2,39,40,43)/t23?,30-,33-/m0/s1. The molecule has 1 aliphatic heterocycles. The number of methoxy groups -OCH3 is 1. The monoisotopic (exact) mass is 695 g/mol. The number of likely N-dealkylation sites (tertiary alicyclic amines) is 1. The number of nitrogens with one attached hydrogen (secondary N) is 2. The number of hydrogen-bond donors (Lipinski definition) is 3. The van der Waals surface area contributed by atoms with E-state index in [1.54, 1.807) is 54.6 Å². The van der Waals surface area contributed by atoms with Crippen LogP contribution in [-0.4, -0.2) is 78.3 Å². The molecule has 1 heterocycles. The van der Waals surface area contributed by atoms with Crippen LogP contribution in [0.1, 0.15) is 63.6 Å². The van der Waals surface area contributed by atoms with Crippen LogP contribution in [0.2, 0.25) is 0 Å². The molecule has 1 aliphatic rings. The Hall–Kier alpha value is -6.24. The number of fused-ring (bicyclic) bond motifs is 1. The minimum atomic E-state index is -1.00. The van der Waals surface area contributed by atoms with E-state index in [0.717, 1.165) is 16.3 Å². The van der Waals surface area contributed by atoms with Gasteiger partial charge in [-0.25, -0.2) is 9.59 Å². The van der Waals surface area contributed by atoms with Crippen molar-refractivity contribution in [2.45, 2.75) is 45.0 Å². The molecule has 2 amide bonds. The van der Waals surface area contributed by atoms with Crippen molar-refractivity contribution in [3.63, 3.8) is 0 Å². The zero-order valence-corrected chi connectivity index (χ0v) is 28.2. The Labute approximate surface area is 293 Å². The lowest BCUT2D eigenvalue weighted by molar-refractivity contribution is -0.163. The van der Waals surface area contributed by atoms with Crippen LogP contribution in [0.15, 0.2) is 84.9 Å². The van der Waals surface area contributed by atoms with Gasteiger partial charge in [0.25, 0.3) is 5.91 Å². The van der Waals surface area contributed by atoms with Crippen molar-refractivity contribution in [2.24, 2.45) is 0 Å². The molecule has 1 fully saturated rings. The maximum atomic E-state index is 13.0. The molecular weight excluding hydrogens is 658 g/mol. The summed E-state index contributed by atoms with van der Waals surface area (Å²) in [5, 5.41) is 22.8. The topological polar surface area (TPSA) is 182 Å². The molecular formula is C38H37N3O10. The van der Waals surface area contributed by atoms with E-state index in [4.69, 9.17) is 24.4 Å². The predicted octanol–water partition coefficient (Wildman–Crippen LogP) is 5.29. The summed E-state index contributed by atoms with van der Waals surface area (Å²) in [7, 11) is 1.22. The molecule has 4 aromatic carbocycles. The van der Waals surface area contributed by atoms with Gasteiger partial charge < -0.3 is 34.3 Å². The Bertz CT molecular complexity index is 1980. The van der Waals surface area contributed by atoms with Gasteiger partial charge in [0, 0.05) is 32.4 Å². The zero-order chi connectivity index (χ0) is 36.7. The molecule has 51 heavy (non-hydrogen) atoms. The highest BCUT2D eigenvalue weighted by Crippen LogP contribution is 2.27. The van der Waals surface area contributed by atoms with E-state index in [1.165, 1.54) is 38.0 Å². The zero-order valence-electron chi connectivity index (χ0n) is 28.2. The first-order chi connectivity index (χ1) is 24.4. The molecule has 5 rings (SSSR count).